The van der Waals surface area contributed by atoms with Gasteiger partial charge in [0, 0.05) is 14.2 Å². The fourth-order valence-electron chi connectivity index (χ4n) is 1.68. The van der Waals surface area contributed by atoms with Gasteiger partial charge in [0.05, 0.1) is 7.11 Å². The van der Waals surface area contributed by atoms with Gasteiger partial charge in [0.1, 0.15) is 5.57 Å². The average molecular weight is 278 g/mol. The van der Waals surface area contributed by atoms with Gasteiger partial charge in [-0.1, -0.05) is 24.3 Å². The zero-order chi connectivity index (χ0) is 15.1. The molecule has 0 aliphatic carbocycles. The molecule has 0 spiro atoms. The van der Waals surface area contributed by atoms with Gasteiger partial charge in [0.15, 0.2) is 0 Å². The second kappa shape index (κ2) is 7.57. The summed E-state index contributed by atoms with van der Waals surface area (Å²) in [6.45, 7) is 1.88. The van der Waals surface area contributed by atoms with Crippen molar-refractivity contribution in [3.8, 4) is 0 Å². The Morgan fingerprint density at radius 2 is 1.70 bits per heavy atom. The lowest BCUT2D eigenvalue weighted by molar-refractivity contribution is -0.155. The van der Waals surface area contributed by atoms with E-state index in [1.165, 1.54) is 27.4 Å². The van der Waals surface area contributed by atoms with Crippen molar-refractivity contribution in [3.05, 3.63) is 41.0 Å². The monoisotopic (exact) mass is 278 g/mol. The Kier molecular flexibility index (Phi) is 6.09. The first-order chi connectivity index (χ1) is 9.54. The van der Waals surface area contributed by atoms with Gasteiger partial charge in [0.25, 0.3) is 0 Å². The molecule has 1 aromatic rings. The van der Waals surface area contributed by atoms with E-state index in [4.69, 9.17) is 9.47 Å². The molecule has 0 bridgehead atoms. The van der Waals surface area contributed by atoms with E-state index >= 15 is 0 Å². The van der Waals surface area contributed by atoms with Crippen LogP contribution in [0.5, 0.6) is 0 Å². The van der Waals surface area contributed by atoms with Crippen LogP contribution in [0.1, 0.15) is 11.1 Å². The summed E-state index contributed by atoms with van der Waals surface area (Å²) in [4.78, 5) is 24.0. The summed E-state index contributed by atoms with van der Waals surface area (Å²) in [6, 6.07) is 7.39. The first kappa shape index (κ1) is 16.1. The van der Waals surface area contributed by atoms with Crippen molar-refractivity contribution in [1.29, 1.82) is 0 Å². The molecular formula is C15H18O5. The maximum absolute atomic E-state index is 12.2. The Bertz CT molecular complexity index is 515. The van der Waals surface area contributed by atoms with E-state index in [2.05, 4.69) is 4.74 Å². The lowest BCUT2D eigenvalue weighted by atomic mass is 10.0. The number of hydrogen-bond donors (Lipinski definition) is 0. The standard InChI is InChI=1S/C15H18O5/c1-10-7-5-6-8-11(10)9-12(14(17)18-2)13(16)15(19-3)20-4/h5-9,15H,1-4H3/b12-9-. The molecule has 0 amide bonds. The molecule has 108 valence electrons. The highest BCUT2D eigenvalue weighted by molar-refractivity contribution is 6.21. The van der Waals surface area contributed by atoms with Gasteiger partial charge in [-0.25, -0.2) is 4.79 Å². The number of aryl methyl sites for hydroxylation is 1. The number of carbonyl (C=O) groups is 2. The predicted octanol–water partition coefficient (Wildman–Crippen LogP) is 1.74. The summed E-state index contributed by atoms with van der Waals surface area (Å²) >= 11 is 0. The van der Waals surface area contributed by atoms with Crippen molar-refractivity contribution in [2.24, 2.45) is 0 Å². The first-order valence-electron chi connectivity index (χ1n) is 6.00. The van der Waals surface area contributed by atoms with Crippen molar-refractivity contribution in [3.63, 3.8) is 0 Å². The van der Waals surface area contributed by atoms with E-state index in [1.54, 1.807) is 6.07 Å². The van der Waals surface area contributed by atoms with Crippen LogP contribution in [-0.2, 0) is 23.8 Å². The molecule has 0 radical (unpaired) electrons. The highest BCUT2D eigenvalue weighted by Crippen LogP contribution is 2.15. The van der Waals surface area contributed by atoms with Gasteiger partial charge in [-0.05, 0) is 24.1 Å². The summed E-state index contributed by atoms with van der Waals surface area (Å²) in [5, 5.41) is 0. The van der Waals surface area contributed by atoms with Gasteiger partial charge in [-0.3, -0.25) is 4.79 Å². The molecule has 0 saturated heterocycles. The van der Waals surface area contributed by atoms with Crippen molar-refractivity contribution in [2.45, 2.75) is 13.2 Å². The molecule has 0 fully saturated rings. The zero-order valence-corrected chi connectivity index (χ0v) is 12.0. The smallest absolute Gasteiger partial charge is 0.341 e. The highest BCUT2D eigenvalue weighted by Gasteiger charge is 2.27. The number of benzene rings is 1. The van der Waals surface area contributed by atoms with Crippen LogP contribution in [-0.4, -0.2) is 39.4 Å². The molecule has 0 saturated carbocycles. The minimum atomic E-state index is -1.13. The summed E-state index contributed by atoms with van der Waals surface area (Å²) in [5.41, 5.74) is 1.58. The normalized spacial score (nSPS) is 11.6. The van der Waals surface area contributed by atoms with Crippen LogP contribution in [0.15, 0.2) is 29.8 Å². The summed E-state index contributed by atoms with van der Waals surface area (Å²) < 4.78 is 14.4. The molecule has 0 aliphatic rings. The molecule has 0 heterocycles. The third-order valence-electron chi connectivity index (χ3n) is 2.80. The van der Waals surface area contributed by atoms with Crippen molar-refractivity contribution < 1.29 is 23.8 Å². The average Bonchev–Trinajstić information content (AvgIpc) is 2.46. The Morgan fingerprint density at radius 3 is 2.20 bits per heavy atom. The summed E-state index contributed by atoms with van der Waals surface area (Å²) in [5.74, 6) is -1.30. The second-order valence-electron chi connectivity index (χ2n) is 4.07. The molecule has 0 aromatic heterocycles. The maximum atomic E-state index is 12.2. The molecule has 20 heavy (non-hydrogen) atoms. The third kappa shape index (κ3) is 3.76. The molecule has 0 N–H and O–H groups in total. The highest BCUT2D eigenvalue weighted by atomic mass is 16.7. The lowest BCUT2D eigenvalue weighted by Gasteiger charge is -2.13. The van der Waals surface area contributed by atoms with Crippen LogP contribution >= 0.6 is 0 Å². The Hall–Kier alpha value is -1.98. The molecule has 5 nitrogen and oxygen atoms in total. The minimum Gasteiger partial charge on any atom is -0.465 e. The van der Waals surface area contributed by atoms with Crippen molar-refractivity contribution >= 4 is 17.8 Å². The topological polar surface area (TPSA) is 61.8 Å². The van der Waals surface area contributed by atoms with Gasteiger partial charge in [-0.2, -0.15) is 0 Å². The largest absolute Gasteiger partial charge is 0.465 e. The SMILES string of the molecule is COC(=O)/C(=C\c1ccccc1C)C(=O)C(OC)OC. The van der Waals surface area contributed by atoms with Gasteiger partial charge < -0.3 is 14.2 Å². The fourth-order valence-corrected chi connectivity index (χ4v) is 1.68. The molecule has 0 atom stereocenters. The molecule has 1 aromatic carbocycles. The van der Waals surface area contributed by atoms with Crippen LogP contribution in [0.4, 0.5) is 0 Å². The Labute approximate surface area is 118 Å². The van der Waals surface area contributed by atoms with Crippen molar-refractivity contribution in [2.75, 3.05) is 21.3 Å². The number of hydrogen-bond acceptors (Lipinski definition) is 5. The minimum absolute atomic E-state index is 0.115. The first-order valence-corrected chi connectivity index (χ1v) is 6.00. The number of esters is 1. The maximum Gasteiger partial charge on any atom is 0.341 e. The predicted molar refractivity (Wildman–Crippen MR) is 74.0 cm³/mol. The molecule has 1 rings (SSSR count). The van der Waals surface area contributed by atoms with E-state index < -0.39 is 18.0 Å². The number of Topliss-reactive ketones (excluding diaryl/α,β-unsaturated/α-hetero) is 1. The Balaban J connectivity index is 3.23. The molecule has 0 unspecified atom stereocenters. The van der Waals surface area contributed by atoms with Crippen LogP contribution in [0.25, 0.3) is 6.08 Å². The zero-order valence-electron chi connectivity index (χ0n) is 12.0. The Morgan fingerprint density at radius 1 is 1.10 bits per heavy atom. The van der Waals surface area contributed by atoms with E-state index in [-0.39, 0.29) is 5.57 Å². The van der Waals surface area contributed by atoms with Crippen LogP contribution in [0.2, 0.25) is 0 Å². The number of methoxy groups -OCH3 is 3. The van der Waals surface area contributed by atoms with Gasteiger partial charge in [0.2, 0.25) is 12.1 Å². The quantitative estimate of drug-likeness (QED) is 0.261. The van der Waals surface area contributed by atoms with E-state index in [0.29, 0.717) is 0 Å². The lowest BCUT2D eigenvalue weighted by Crippen LogP contribution is -2.29. The molecular weight excluding hydrogens is 260 g/mol. The third-order valence-corrected chi connectivity index (χ3v) is 2.80. The van der Waals surface area contributed by atoms with E-state index in [1.807, 2.05) is 25.1 Å². The summed E-state index contributed by atoms with van der Waals surface area (Å²) in [7, 11) is 3.87. The fraction of sp³-hybridized carbons (Fsp3) is 0.333. The van der Waals surface area contributed by atoms with E-state index in [9.17, 15) is 9.59 Å². The number of ether oxygens (including phenoxy) is 3. The number of ketones is 1. The van der Waals surface area contributed by atoms with Gasteiger partial charge in [-0.15, -0.1) is 0 Å². The van der Waals surface area contributed by atoms with Crippen LogP contribution < -0.4 is 0 Å². The molecule has 0 aliphatic heterocycles. The number of carbonyl (C=O) groups excluding carboxylic acids is 2. The van der Waals surface area contributed by atoms with Crippen molar-refractivity contribution in [1.82, 2.24) is 0 Å². The van der Waals surface area contributed by atoms with Gasteiger partial charge >= 0.3 is 5.97 Å². The molecule has 5 heteroatoms. The second-order valence-corrected chi connectivity index (χ2v) is 4.07. The van der Waals surface area contributed by atoms with Crippen LogP contribution in [0.3, 0.4) is 0 Å². The van der Waals surface area contributed by atoms with E-state index in [0.717, 1.165) is 11.1 Å². The summed E-state index contributed by atoms with van der Waals surface area (Å²) in [6.07, 6.45) is 0.346. The van der Waals surface area contributed by atoms with Crippen LogP contribution in [0, 0.1) is 6.92 Å². The number of rotatable bonds is 6.